The fourth-order valence-corrected chi connectivity index (χ4v) is 5.41. The molecule has 4 fully saturated rings. The van der Waals surface area contributed by atoms with Gasteiger partial charge in [-0.1, -0.05) is 0 Å². The van der Waals surface area contributed by atoms with Gasteiger partial charge < -0.3 is 15.4 Å². The molecule has 4 aliphatic rings. The molecule has 124 valence electrons. The number of hydrogen-bond donors (Lipinski definition) is 2. The second kappa shape index (κ2) is 5.78. The Bertz CT molecular complexity index is 549. The number of amides is 1. The van der Waals surface area contributed by atoms with E-state index in [2.05, 4.69) is 15.6 Å². The van der Waals surface area contributed by atoms with E-state index in [1.807, 2.05) is 12.1 Å². The molecular formula is C18H25N3O2. The minimum atomic E-state index is -0.156. The molecule has 1 aromatic rings. The molecule has 1 aromatic heterocycles. The van der Waals surface area contributed by atoms with E-state index in [4.69, 9.17) is 4.74 Å². The molecule has 4 bridgehead atoms. The fourth-order valence-electron chi connectivity index (χ4n) is 5.41. The summed E-state index contributed by atoms with van der Waals surface area (Å²) in [5, 5.41) is 6.52. The third-order valence-electron chi connectivity index (χ3n) is 5.75. The highest BCUT2D eigenvalue weighted by atomic mass is 16.5. The van der Waals surface area contributed by atoms with E-state index in [9.17, 15) is 4.79 Å². The number of carbonyl (C=O) groups excluding carboxylic acids is 1. The topological polar surface area (TPSA) is 63.2 Å². The second-order valence-electron chi connectivity index (χ2n) is 7.74. The van der Waals surface area contributed by atoms with Gasteiger partial charge in [-0.05, 0) is 68.4 Å². The Labute approximate surface area is 137 Å². The predicted octanol–water partition coefficient (Wildman–Crippen LogP) is 3.05. The van der Waals surface area contributed by atoms with Crippen molar-refractivity contribution in [2.75, 3.05) is 24.4 Å². The summed E-state index contributed by atoms with van der Waals surface area (Å²) in [6.45, 7) is 0.0628. The van der Waals surface area contributed by atoms with Gasteiger partial charge in [-0.15, -0.1) is 0 Å². The zero-order valence-electron chi connectivity index (χ0n) is 13.7. The molecule has 0 radical (unpaired) electrons. The molecule has 5 nitrogen and oxygen atoms in total. The normalized spacial score (nSPS) is 34.4. The van der Waals surface area contributed by atoms with E-state index >= 15 is 0 Å². The largest absolute Gasteiger partial charge is 0.375 e. The van der Waals surface area contributed by atoms with Gasteiger partial charge in [0.2, 0.25) is 5.91 Å². The van der Waals surface area contributed by atoms with Crippen LogP contribution in [0.1, 0.15) is 38.5 Å². The third kappa shape index (κ3) is 3.07. The van der Waals surface area contributed by atoms with Crippen LogP contribution >= 0.6 is 0 Å². The molecule has 2 N–H and O–H groups in total. The number of pyridine rings is 1. The van der Waals surface area contributed by atoms with Gasteiger partial charge in [-0.3, -0.25) is 4.79 Å². The molecule has 1 amide bonds. The summed E-state index contributed by atoms with van der Waals surface area (Å²) in [5.41, 5.74) is 0.978. The highest BCUT2D eigenvalue weighted by molar-refractivity contribution is 5.91. The lowest BCUT2D eigenvalue weighted by molar-refractivity contribution is -0.119. The molecule has 4 aliphatic carbocycles. The number of nitrogens with zero attached hydrogens (tertiary/aromatic N) is 1. The molecule has 23 heavy (non-hydrogen) atoms. The number of hydrogen-bond acceptors (Lipinski definition) is 4. The monoisotopic (exact) mass is 315 g/mol. The molecule has 5 heteroatoms. The van der Waals surface area contributed by atoms with Crippen LogP contribution in [0.5, 0.6) is 0 Å². The molecule has 5 rings (SSSR count). The Morgan fingerprint density at radius 2 is 1.87 bits per heavy atom. The van der Waals surface area contributed by atoms with Crippen LogP contribution in [-0.4, -0.2) is 30.1 Å². The maximum absolute atomic E-state index is 11.5. The van der Waals surface area contributed by atoms with Gasteiger partial charge >= 0.3 is 0 Å². The highest BCUT2D eigenvalue weighted by Gasteiger charge is 2.50. The number of methoxy groups -OCH3 is 1. The lowest BCUT2D eigenvalue weighted by Gasteiger charge is -2.57. The van der Waals surface area contributed by atoms with Crippen molar-refractivity contribution < 1.29 is 9.53 Å². The zero-order chi connectivity index (χ0) is 15.9. The summed E-state index contributed by atoms with van der Waals surface area (Å²) >= 11 is 0. The number of ether oxygens (including phenoxy) is 1. The lowest BCUT2D eigenvalue weighted by Crippen LogP contribution is -2.54. The summed E-state index contributed by atoms with van der Waals surface area (Å²) in [5.74, 6) is 3.52. The summed E-state index contributed by atoms with van der Waals surface area (Å²) in [4.78, 5) is 16.0. The number of nitrogens with one attached hydrogen (secondary N) is 2. The first-order chi connectivity index (χ1) is 11.1. The predicted molar refractivity (Wildman–Crippen MR) is 89.3 cm³/mol. The van der Waals surface area contributed by atoms with Crippen molar-refractivity contribution in [3.05, 3.63) is 18.3 Å². The van der Waals surface area contributed by atoms with Crippen LogP contribution in [0.25, 0.3) is 0 Å². The minimum absolute atomic E-state index is 0.0628. The van der Waals surface area contributed by atoms with Crippen molar-refractivity contribution in [1.82, 2.24) is 4.98 Å². The van der Waals surface area contributed by atoms with Crippen LogP contribution < -0.4 is 10.6 Å². The number of anilines is 2. The molecule has 1 heterocycles. The van der Waals surface area contributed by atoms with Crippen LogP contribution in [0.3, 0.4) is 0 Å². The van der Waals surface area contributed by atoms with Gasteiger partial charge in [0, 0.05) is 12.6 Å². The standard InChI is InChI=1S/C18H25N3O2/c1-23-11-17(22)20-15-2-3-16(19-10-15)21-18-7-12-4-13(8-18)6-14(5-12)9-18/h2-3,10,12-14H,4-9,11H2,1H3,(H,19,21)(H,20,22). The maximum Gasteiger partial charge on any atom is 0.250 e. The van der Waals surface area contributed by atoms with E-state index in [0.717, 1.165) is 23.6 Å². The Balaban J connectivity index is 1.42. The van der Waals surface area contributed by atoms with E-state index in [-0.39, 0.29) is 18.1 Å². The van der Waals surface area contributed by atoms with E-state index < -0.39 is 0 Å². The highest BCUT2D eigenvalue weighted by Crippen LogP contribution is 2.56. The fraction of sp³-hybridized carbons (Fsp3) is 0.667. The van der Waals surface area contributed by atoms with Gasteiger partial charge in [0.15, 0.2) is 0 Å². The molecule has 0 saturated heterocycles. The zero-order valence-corrected chi connectivity index (χ0v) is 13.7. The Hall–Kier alpha value is -1.62. The maximum atomic E-state index is 11.5. The number of rotatable bonds is 5. The first-order valence-electron chi connectivity index (χ1n) is 8.67. The SMILES string of the molecule is COCC(=O)Nc1ccc(NC23CC4CC(CC(C4)C2)C3)nc1. The van der Waals surface area contributed by atoms with Crippen molar-refractivity contribution in [3.63, 3.8) is 0 Å². The van der Waals surface area contributed by atoms with Crippen LogP contribution in [0.15, 0.2) is 18.3 Å². The molecule has 0 unspecified atom stereocenters. The number of carbonyl (C=O) groups is 1. The van der Waals surface area contributed by atoms with Gasteiger partial charge in [0.25, 0.3) is 0 Å². The quantitative estimate of drug-likeness (QED) is 0.876. The van der Waals surface area contributed by atoms with E-state index in [1.54, 1.807) is 6.20 Å². The summed E-state index contributed by atoms with van der Waals surface area (Å²) in [7, 11) is 1.51. The van der Waals surface area contributed by atoms with Crippen LogP contribution in [0.2, 0.25) is 0 Å². The Morgan fingerprint density at radius 1 is 1.22 bits per heavy atom. The second-order valence-corrected chi connectivity index (χ2v) is 7.74. The van der Waals surface area contributed by atoms with Crippen molar-refractivity contribution in [1.29, 1.82) is 0 Å². The lowest BCUT2D eigenvalue weighted by atomic mass is 9.53. The first-order valence-corrected chi connectivity index (χ1v) is 8.67. The molecule has 0 aromatic carbocycles. The first kappa shape index (κ1) is 14.9. The molecular weight excluding hydrogens is 290 g/mol. The van der Waals surface area contributed by atoms with Crippen LogP contribution in [-0.2, 0) is 9.53 Å². The van der Waals surface area contributed by atoms with Crippen molar-refractivity contribution in [2.24, 2.45) is 17.8 Å². The molecule has 0 spiro atoms. The summed E-state index contributed by atoms with van der Waals surface area (Å²) in [6.07, 6.45) is 9.94. The minimum Gasteiger partial charge on any atom is -0.375 e. The van der Waals surface area contributed by atoms with Gasteiger partial charge in [0.05, 0.1) is 11.9 Å². The molecule has 0 atom stereocenters. The van der Waals surface area contributed by atoms with Crippen molar-refractivity contribution in [2.45, 2.75) is 44.1 Å². The van der Waals surface area contributed by atoms with Gasteiger partial charge in [-0.25, -0.2) is 4.98 Å². The van der Waals surface area contributed by atoms with Crippen molar-refractivity contribution in [3.8, 4) is 0 Å². The third-order valence-corrected chi connectivity index (χ3v) is 5.75. The smallest absolute Gasteiger partial charge is 0.250 e. The van der Waals surface area contributed by atoms with Crippen LogP contribution in [0.4, 0.5) is 11.5 Å². The average molecular weight is 315 g/mol. The van der Waals surface area contributed by atoms with Crippen molar-refractivity contribution >= 4 is 17.4 Å². The number of aromatic nitrogens is 1. The van der Waals surface area contributed by atoms with E-state index in [1.165, 1.54) is 45.6 Å². The summed E-state index contributed by atoms with van der Waals surface area (Å²) < 4.78 is 4.81. The van der Waals surface area contributed by atoms with Gasteiger partial charge in [0.1, 0.15) is 12.4 Å². The summed E-state index contributed by atoms with van der Waals surface area (Å²) in [6, 6.07) is 3.88. The average Bonchev–Trinajstić information content (AvgIpc) is 2.48. The van der Waals surface area contributed by atoms with E-state index in [0.29, 0.717) is 5.69 Å². The van der Waals surface area contributed by atoms with Crippen LogP contribution in [0, 0.1) is 17.8 Å². The molecule has 4 saturated carbocycles. The molecule has 0 aliphatic heterocycles. The Morgan fingerprint density at radius 3 is 2.39 bits per heavy atom. The van der Waals surface area contributed by atoms with Gasteiger partial charge in [-0.2, -0.15) is 0 Å². The Kier molecular flexibility index (Phi) is 3.76.